The number of ether oxygens (including phenoxy) is 1. The lowest BCUT2D eigenvalue weighted by Crippen LogP contribution is -2.13. The molecule has 1 N–H and O–H groups in total. The Balaban J connectivity index is 2.08. The van der Waals surface area contributed by atoms with E-state index in [1.54, 1.807) is 18.4 Å². The molecule has 2 nitrogen and oxygen atoms in total. The van der Waals surface area contributed by atoms with Gasteiger partial charge in [0, 0.05) is 5.69 Å². The zero-order valence-corrected chi connectivity index (χ0v) is 6.38. The first kappa shape index (κ1) is 7.16. The summed E-state index contributed by atoms with van der Waals surface area (Å²) in [6.45, 7) is 0.609. The third-order valence-electron chi connectivity index (χ3n) is 1.61. The summed E-state index contributed by atoms with van der Waals surface area (Å²) in [5, 5.41) is 3.08. The van der Waals surface area contributed by atoms with Crippen molar-refractivity contribution in [3.63, 3.8) is 0 Å². The number of nitrogens with one attached hydrogen (secondary N) is 1. The first-order chi connectivity index (χ1) is 5.84. The molecule has 3 heteroatoms. The van der Waals surface area contributed by atoms with Crippen molar-refractivity contribution >= 4 is 5.69 Å². The van der Waals surface area contributed by atoms with Crippen LogP contribution < -0.4 is 5.32 Å². The van der Waals surface area contributed by atoms with Gasteiger partial charge in [-0.15, -0.1) is 0 Å². The van der Waals surface area contributed by atoms with Crippen molar-refractivity contribution in [3.8, 4) is 0 Å². The fourth-order valence-corrected chi connectivity index (χ4v) is 0.951. The second-order valence-corrected chi connectivity index (χ2v) is 2.59. The predicted molar refractivity (Wildman–Crippen MR) is 44.1 cm³/mol. The molecule has 0 saturated carbocycles. The molecule has 1 aromatic carbocycles. The minimum atomic E-state index is -0.223. The van der Waals surface area contributed by atoms with Crippen molar-refractivity contribution in [2.45, 2.75) is 0 Å². The molecule has 1 aliphatic rings. The third kappa shape index (κ3) is 1.39. The van der Waals surface area contributed by atoms with Crippen LogP contribution in [0.4, 0.5) is 10.1 Å². The van der Waals surface area contributed by atoms with Crippen molar-refractivity contribution < 1.29 is 9.13 Å². The average molecular weight is 165 g/mol. The monoisotopic (exact) mass is 165 g/mol. The number of hydrogen-bond acceptors (Lipinski definition) is 2. The normalized spacial score (nSPS) is 14.2. The standard InChI is InChI=1S/C9H8FNO/c10-7-1-3-8(4-2-7)11-9-5-12-6-9/h1-5,11H,6H2. The summed E-state index contributed by atoms with van der Waals surface area (Å²) in [5.41, 5.74) is 1.90. The minimum Gasteiger partial charge on any atom is -0.493 e. The van der Waals surface area contributed by atoms with Crippen LogP contribution in [0, 0.1) is 5.82 Å². The Morgan fingerprint density at radius 3 is 2.42 bits per heavy atom. The minimum absolute atomic E-state index is 0.223. The lowest BCUT2D eigenvalue weighted by Gasteiger charge is -2.17. The maximum atomic E-state index is 12.5. The summed E-state index contributed by atoms with van der Waals surface area (Å²) in [6, 6.07) is 6.22. The van der Waals surface area contributed by atoms with Crippen molar-refractivity contribution in [2.24, 2.45) is 0 Å². The maximum Gasteiger partial charge on any atom is 0.130 e. The number of rotatable bonds is 2. The van der Waals surface area contributed by atoms with Crippen molar-refractivity contribution in [3.05, 3.63) is 42.0 Å². The largest absolute Gasteiger partial charge is 0.493 e. The van der Waals surface area contributed by atoms with Gasteiger partial charge in [-0.3, -0.25) is 0 Å². The number of hydrogen-bond donors (Lipinski definition) is 1. The van der Waals surface area contributed by atoms with Gasteiger partial charge in [0.1, 0.15) is 18.7 Å². The highest BCUT2D eigenvalue weighted by Crippen LogP contribution is 2.14. The fraction of sp³-hybridized carbons (Fsp3) is 0.111. The number of halogens is 1. The van der Waals surface area contributed by atoms with E-state index in [1.807, 2.05) is 0 Å². The van der Waals surface area contributed by atoms with E-state index in [2.05, 4.69) is 5.32 Å². The van der Waals surface area contributed by atoms with Crippen LogP contribution >= 0.6 is 0 Å². The van der Waals surface area contributed by atoms with Crippen LogP contribution in [0.25, 0.3) is 0 Å². The van der Waals surface area contributed by atoms with Crippen LogP contribution in [-0.2, 0) is 4.74 Å². The van der Waals surface area contributed by atoms with E-state index in [-0.39, 0.29) is 5.82 Å². The van der Waals surface area contributed by atoms with Gasteiger partial charge in [-0.25, -0.2) is 4.39 Å². The van der Waals surface area contributed by atoms with Crippen LogP contribution in [0.5, 0.6) is 0 Å². The molecule has 0 radical (unpaired) electrons. The average Bonchev–Trinajstić information content (AvgIpc) is 2.00. The van der Waals surface area contributed by atoms with Gasteiger partial charge in [0.25, 0.3) is 0 Å². The molecular formula is C9H8FNO. The van der Waals surface area contributed by atoms with E-state index in [1.165, 1.54) is 12.1 Å². The Hall–Kier alpha value is -1.51. The second-order valence-electron chi connectivity index (χ2n) is 2.59. The Bertz CT molecular complexity index is 305. The van der Waals surface area contributed by atoms with Gasteiger partial charge in [0.2, 0.25) is 0 Å². The summed E-state index contributed by atoms with van der Waals surface area (Å²) in [5.74, 6) is -0.223. The van der Waals surface area contributed by atoms with Crippen LogP contribution in [0.15, 0.2) is 36.2 Å². The van der Waals surface area contributed by atoms with Crippen molar-refractivity contribution in [1.29, 1.82) is 0 Å². The molecule has 1 heterocycles. The summed E-state index contributed by atoms with van der Waals surface area (Å²) in [7, 11) is 0. The Morgan fingerprint density at radius 1 is 1.25 bits per heavy atom. The molecule has 0 aromatic heterocycles. The molecule has 0 spiro atoms. The first-order valence-electron chi connectivity index (χ1n) is 3.68. The smallest absolute Gasteiger partial charge is 0.130 e. The molecular weight excluding hydrogens is 157 g/mol. The van der Waals surface area contributed by atoms with E-state index in [0.29, 0.717) is 6.61 Å². The molecule has 1 aromatic rings. The maximum absolute atomic E-state index is 12.5. The molecule has 0 unspecified atom stereocenters. The molecule has 0 fully saturated rings. The van der Waals surface area contributed by atoms with Gasteiger partial charge in [-0.05, 0) is 24.3 Å². The highest BCUT2D eigenvalue weighted by atomic mass is 19.1. The molecule has 62 valence electrons. The number of benzene rings is 1. The van der Waals surface area contributed by atoms with E-state index in [9.17, 15) is 4.39 Å². The van der Waals surface area contributed by atoms with Gasteiger partial charge in [-0.1, -0.05) is 0 Å². The quantitative estimate of drug-likeness (QED) is 0.724. The molecule has 0 amide bonds. The van der Waals surface area contributed by atoms with Gasteiger partial charge < -0.3 is 10.1 Å². The molecule has 12 heavy (non-hydrogen) atoms. The van der Waals surface area contributed by atoms with Gasteiger partial charge >= 0.3 is 0 Å². The van der Waals surface area contributed by atoms with Gasteiger partial charge in [0.05, 0.1) is 5.70 Å². The van der Waals surface area contributed by atoms with Gasteiger partial charge in [-0.2, -0.15) is 0 Å². The predicted octanol–water partition coefficient (Wildman–Crippen LogP) is 2.11. The molecule has 1 aliphatic heterocycles. The molecule has 2 rings (SSSR count). The van der Waals surface area contributed by atoms with E-state index >= 15 is 0 Å². The van der Waals surface area contributed by atoms with Crippen molar-refractivity contribution in [2.75, 3.05) is 11.9 Å². The van der Waals surface area contributed by atoms with E-state index < -0.39 is 0 Å². The van der Waals surface area contributed by atoms with Crippen LogP contribution in [0.2, 0.25) is 0 Å². The molecule has 0 bridgehead atoms. The molecule has 0 aliphatic carbocycles. The topological polar surface area (TPSA) is 21.3 Å². The SMILES string of the molecule is Fc1ccc(NC2=COC2)cc1. The lowest BCUT2D eigenvalue weighted by atomic mass is 10.3. The lowest BCUT2D eigenvalue weighted by molar-refractivity contribution is 0.226. The summed E-state index contributed by atoms with van der Waals surface area (Å²) < 4.78 is 17.3. The first-order valence-corrected chi connectivity index (χ1v) is 3.68. The molecule has 0 atom stereocenters. The van der Waals surface area contributed by atoms with E-state index in [0.717, 1.165) is 11.4 Å². The van der Waals surface area contributed by atoms with Crippen LogP contribution in [-0.4, -0.2) is 6.61 Å². The Labute approximate surface area is 69.7 Å². The Morgan fingerprint density at radius 2 is 1.92 bits per heavy atom. The van der Waals surface area contributed by atoms with Gasteiger partial charge in [0.15, 0.2) is 0 Å². The van der Waals surface area contributed by atoms with Crippen LogP contribution in [0.1, 0.15) is 0 Å². The zero-order valence-electron chi connectivity index (χ0n) is 6.38. The summed E-state index contributed by atoms with van der Waals surface area (Å²) in [6.07, 6.45) is 1.64. The summed E-state index contributed by atoms with van der Waals surface area (Å²) >= 11 is 0. The Kier molecular flexibility index (Phi) is 1.70. The second kappa shape index (κ2) is 2.85. The fourth-order valence-electron chi connectivity index (χ4n) is 0.951. The zero-order chi connectivity index (χ0) is 8.39. The van der Waals surface area contributed by atoms with Crippen LogP contribution in [0.3, 0.4) is 0 Å². The van der Waals surface area contributed by atoms with E-state index in [4.69, 9.17) is 4.74 Å². The third-order valence-corrected chi connectivity index (χ3v) is 1.61. The highest BCUT2D eigenvalue weighted by molar-refractivity contribution is 5.48. The number of anilines is 1. The summed E-state index contributed by atoms with van der Waals surface area (Å²) in [4.78, 5) is 0. The highest BCUT2D eigenvalue weighted by Gasteiger charge is 2.05. The molecule has 0 saturated heterocycles. The van der Waals surface area contributed by atoms with Crippen molar-refractivity contribution in [1.82, 2.24) is 0 Å².